The molecule has 2 heterocycles. The maximum absolute atomic E-state index is 13.5. The number of hydrogen-bond acceptors (Lipinski definition) is 7. The van der Waals surface area contributed by atoms with E-state index in [1.54, 1.807) is 18.2 Å². The van der Waals surface area contributed by atoms with Crippen molar-refractivity contribution >= 4 is 31.0 Å². The molecule has 0 aromatic heterocycles. The smallest absolute Gasteiger partial charge is 0.179 e. The summed E-state index contributed by atoms with van der Waals surface area (Å²) in [5.41, 5.74) is 7.22. The molecule has 3 N–H and O–H groups in total. The second kappa shape index (κ2) is 18.3. The van der Waals surface area contributed by atoms with E-state index in [4.69, 9.17) is 0 Å². The van der Waals surface area contributed by atoms with Gasteiger partial charge < -0.3 is 5.32 Å². The highest BCUT2D eigenvalue weighted by molar-refractivity contribution is 7.91. The van der Waals surface area contributed by atoms with Gasteiger partial charge in [-0.15, -0.1) is 0 Å². The van der Waals surface area contributed by atoms with Gasteiger partial charge in [-0.2, -0.15) is 0 Å². The lowest BCUT2D eigenvalue weighted by atomic mass is 9.64. The van der Waals surface area contributed by atoms with E-state index in [1.165, 1.54) is 5.56 Å². The van der Waals surface area contributed by atoms with Crippen LogP contribution in [0.5, 0.6) is 0 Å². The van der Waals surface area contributed by atoms with Crippen molar-refractivity contribution in [2.24, 2.45) is 22.7 Å². The zero-order valence-electron chi connectivity index (χ0n) is 34.5. The maximum atomic E-state index is 13.5. The average molecular weight is 801 g/mol. The topological polar surface area (TPSA) is 113 Å². The molecule has 4 aromatic rings. The summed E-state index contributed by atoms with van der Waals surface area (Å²) >= 11 is 0. The van der Waals surface area contributed by atoms with E-state index >= 15 is 0 Å². The molecule has 4 aromatic carbocycles. The van der Waals surface area contributed by atoms with Gasteiger partial charge in [-0.3, -0.25) is 10.7 Å². The summed E-state index contributed by atoms with van der Waals surface area (Å²) in [7, 11) is -4.91. The molecule has 0 aliphatic carbocycles. The van der Waals surface area contributed by atoms with Crippen LogP contribution in [0.1, 0.15) is 127 Å². The van der Waals surface area contributed by atoms with Crippen molar-refractivity contribution in [2.45, 2.75) is 115 Å². The summed E-state index contributed by atoms with van der Waals surface area (Å²) in [6, 6.07) is 31.4. The summed E-state index contributed by atoms with van der Waals surface area (Å²) in [6.07, 6.45) is 7.79. The van der Waals surface area contributed by atoms with E-state index in [1.807, 2.05) is 49.5 Å². The van der Waals surface area contributed by atoms with Crippen LogP contribution in [-0.4, -0.2) is 40.6 Å². The fraction of sp³-hybridized carbons (Fsp3) is 0.489. The molecule has 0 saturated carbocycles. The normalized spacial score (nSPS) is 26.3. The molecule has 0 fully saturated rings. The third kappa shape index (κ3) is 8.75. The molecule has 7 nitrogen and oxygen atoms in total. The van der Waals surface area contributed by atoms with E-state index < -0.39 is 19.7 Å². The molecule has 0 radical (unpaired) electrons. The molecular formula is C47H64N2O5S2. The van der Waals surface area contributed by atoms with Gasteiger partial charge in [0.25, 0.3) is 0 Å². The van der Waals surface area contributed by atoms with Crippen LogP contribution in [0, 0.1) is 22.7 Å². The Labute approximate surface area is 337 Å². The lowest BCUT2D eigenvalue weighted by Gasteiger charge is -2.41. The standard InChI is InChI=1S/C24H33NO2S.C23H31NO3S/c1-5-7-15-24(6-2)17-28(26,27)22-14-13-20(25-4)16-21(22)23(18(24)3)19-11-9-8-10-12-19;1-4-6-14-23(5-2)16-28(26,27)21-13-12-19(24-25)15-20(21)22(17(23)3)18-10-8-7-9-11-18/h8-14,16,18,23,25H,5-7,15,17H2,1-4H3;7-13,15,17,22,24-25H,4-6,14,16H2,1-3H3/t18-,23-,24+;17-,22-,23-/m11/s1. The Balaban J connectivity index is 0.000000214. The molecule has 2 aliphatic rings. The van der Waals surface area contributed by atoms with Gasteiger partial charge in [-0.1, -0.05) is 128 Å². The first-order chi connectivity index (χ1) is 26.8. The van der Waals surface area contributed by atoms with Crippen LogP contribution in [0.15, 0.2) is 107 Å². The number of hydrogen-bond donors (Lipinski definition) is 3. The number of fused-ring (bicyclic) bond motifs is 2. The Morgan fingerprint density at radius 2 is 1.00 bits per heavy atom. The van der Waals surface area contributed by atoms with Gasteiger partial charge in [-0.05, 0) is 107 Å². The fourth-order valence-corrected chi connectivity index (χ4v) is 14.6. The van der Waals surface area contributed by atoms with Crippen molar-refractivity contribution in [1.29, 1.82) is 0 Å². The summed E-state index contributed by atoms with van der Waals surface area (Å²) < 4.78 is 54.0. The molecular weight excluding hydrogens is 737 g/mol. The number of sulfone groups is 2. The highest BCUT2D eigenvalue weighted by atomic mass is 32.2. The Morgan fingerprint density at radius 1 is 0.607 bits per heavy atom. The lowest BCUT2D eigenvalue weighted by Crippen LogP contribution is -2.37. The van der Waals surface area contributed by atoms with E-state index in [0.29, 0.717) is 15.5 Å². The third-order valence-electron chi connectivity index (χ3n) is 13.4. The molecule has 6 rings (SSSR count). The minimum absolute atomic E-state index is 0.0430. The fourth-order valence-electron chi connectivity index (χ4n) is 9.91. The average Bonchev–Trinajstić information content (AvgIpc) is 3.33. The second-order valence-corrected chi connectivity index (χ2v) is 20.3. The molecule has 6 atom stereocenters. The molecule has 0 bridgehead atoms. The highest BCUT2D eigenvalue weighted by Crippen LogP contribution is 2.54. The monoisotopic (exact) mass is 800 g/mol. The molecule has 0 spiro atoms. The molecule has 9 heteroatoms. The van der Waals surface area contributed by atoms with Crippen molar-refractivity contribution < 1.29 is 22.0 Å². The van der Waals surface area contributed by atoms with E-state index in [0.717, 1.165) is 73.7 Å². The Kier molecular flexibility index (Phi) is 14.2. The highest BCUT2D eigenvalue weighted by Gasteiger charge is 2.48. The first-order valence-corrected chi connectivity index (χ1v) is 24.0. The van der Waals surface area contributed by atoms with Gasteiger partial charge in [0.1, 0.15) is 0 Å². The van der Waals surface area contributed by atoms with Crippen LogP contribution >= 0.6 is 0 Å². The van der Waals surface area contributed by atoms with Crippen LogP contribution < -0.4 is 10.8 Å². The summed E-state index contributed by atoms with van der Waals surface area (Å²) in [5, 5.41) is 12.6. The van der Waals surface area contributed by atoms with Crippen molar-refractivity contribution in [2.75, 3.05) is 29.4 Å². The predicted molar refractivity (Wildman–Crippen MR) is 231 cm³/mol. The number of anilines is 2. The number of benzene rings is 4. The van der Waals surface area contributed by atoms with Gasteiger partial charge in [0.15, 0.2) is 19.7 Å². The van der Waals surface area contributed by atoms with Gasteiger partial charge in [-0.25, -0.2) is 16.8 Å². The number of unbranched alkanes of at least 4 members (excludes halogenated alkanes) is 2. The van der Waals surface area contributed by atoms with E-state index in [-0.39, 0.29) is 46.0 Å². The summed E-state index contributed by atoms with van der Waals surface area (Å²) in [6.45, 7) is 13.1. The molecule has 0 amide bonds. The van der Waals surface area contributed by atoms with Crippen LogP contribution in [0.3, 0.4) is 0 Å². The number of rotatable bonds is 12. The first-order valence-electron chi connectivity index (χ1n) is 20.7. The summed E-state index contributed by atoms with van der Waals surface area (Å²) in [4.78, 5) is 0.915. The summed E-state index contributed by atoms with van der Waals surface area (Å²) in [5.74, 6) is 0.829. The quantitative estimate of drug-likeness (QED) is 0.122. The van der Waals surface area contributed by atoms with Crippen molar-refractivity contribution in [3.05, 3.63) is 119 Å². The van der Waals surface area contributed by atoms with Crippen LogP contribution in [0.25, 0.3) is 0 Å². The van der Waals surface area contributed by atoms with Crippen LogP contribution in [0.2, 0.25) is 0 Å². The van der Waals surface area contributed by atoms with Gasteiger partial charge in [0.2, 0.25) is 0 Å². The molecule has 56 heavy (non-hydrogen) atoms. The zero-order chi connectivity index (χ0) is 40.7. The van der Waals surface area contributed by atoms with Gasteiger partial charge in [0, 0.05) is 24.6 Å². The number of nitrogens with one attached hydrogen (secondary N) is 2. The van der Waals surface area contributed by atoms with Crippen LogP contribution in [0.4, 0.5) is 11.4 Å². The zero-order valence-corrected chi connectivity index (χ0v) is 36.1. The van der Waals surface area contributed by atoms with Crippen molar-refractivity contribution in [1.82, 2.24) is 0 Å². The first kappa shape index (κ1) is 43.5. The van der Waals surface area contributed by atoms with Gasteiger partial charge >= 0.3 is 0 Å². The van der Waals surface area contributed by atoms with Crippen LogP contribution in [-0.2, 0) is 19.7 Å². The minimum Gasteiger partial charge on any atom is -0.388 e. The van der Waals surface area contributed by atoms with Crippen molar-refractivity contribution in [3.8, 4) is 0 Å². The van der Waals surface area contributed by atoms with E-state index in [9.17, 15) is 22.0 Å². The largest absolute Gasteiger partial charge is 0.388 e. The predicted octanol–water partition coefficient (Wildman–Crippen LogP) is 11.5. The van der Waals surface area contributed by atoms with Crippen molar-refractivity contribution in [3.63, 3.8) is 0 Å². The Hall–Kier alpha value is -3.66. The molecule has 0 saturated heterocycles. The molecule has 0 unspecified atom stereocenters. The second-order valence-electron chi connectivity index (χ2n) is 16.4. The molecule has 304 valence electrons. The SMILES string of the molecule is CCCC[C@@]1(CC)CS(=O)(=O)c2ccc(NC)cc2[C@@H](c2ccccc2)[C@H]1C.CCCC[C@]1(CC)CS(=O)(=O)c2ccc(NO)cc2[C@@H](c2ccccc2)[C@H]1C. The minimum atomic E-state index is -3.44. The lowest BCUT2D eigenvalue weighted by molar-refractivity contribution is 0.160. The van der Waals surface area contributed by atoms with Gasteiger partial charge in [0.05, 0.1) is 27.0 Å². The third-order valence-corrected chi connectivity index (χ3v) is 17.4. The van der Waals surface area contributed by atoms with E-state index in [2.05, 4.69) is 88.7 Å². The Bertz CT molecular complexity index is 1970. The Morgan fingerprint density at radius 3 is 1.36 bits per heavy atom. The maximum Gasteiger partial charge on any atom is 0.179 e. The molecule has 2 aliphatic heterocycles.